The van der Waals surface area contributed by atoms with Gasteiger partial charge >= 0.3 is 12.1 Å². The molecule has 3 fully saturated rings. The van der Waals surface area contributed by atoms with Crippen molar-refractivity contribution in [2.24, 2.45) is 11.8 Å². The molecule has 6 rings (SSSR count). The molecule has 0 spiro atoms. The molecule has 5 aliphatic rings. The van der Waals surface area contributed by atoms with Gasteiger partial charge in [0.25, 0.3) is 0 Å². The summed E-state index contributed by atoms with van der Waals surface area (Å²) < 4.78 is 20.0. The van der Waals surface area contributed by atoms with Gasteiger partial charge in [0.15, 0.2) is 0 Å². The number of fused-ring (bicyclic) bond motifs is 3. The summed E-state index contributed by atoms with van der Waals surface area (Å²) in [5, 5.41) is 15.7. The average molecular weight is 611 g/mol. The van der Waals surface area contributed by atoms with Gasteiger partial charge in [-0.2, -0.15) is 0 Å². The number of nitrogens with one attached hydrogen (secondary N) is 2. The van der Waals surface area contributed by atoms with Crippen LogP contribution >= 0.6 is 0 Å². The Bertz CT molecular complexity index is 1380. The van der Waals surface area contributed by atoms with Gasteiger partial charge in [-0.25, -0.2) is 14.0 Å². The van der Waals surface area contributed by atoms with Gasteiger partial charge in [-0.3, -0.25) is 19.3 Å². The van der Waals surface area contributed by atoms with E-state index in [9.17, 15) is 33.5 Å². The summed E-state index contributed by atoms with van der Waals surface area (Å²) in [5.41, 5.74) is -0.344. The lowest BCUT2D eigenvalue weighted by Crippen LogP contribution is -2.57. The van der Waals surface area contributed by atoms with E-state index in [1.807, 2.05) is 12.2 Å². The fourth-order valence-electron chi connectivity index (χ4n) is 6.83. The molecule has 236 valence electrons. The number of ether oxygens (including phenoxy) is 1. The van der Waals surface area contributed by atoms with Crippen LogP contribution in [0.2, 0.25) is 0 Å². The number of halogens is 1. The predicted octanol–water partition coefficient (Wildman–Crippen LogP) is 3.01. The van der Waals surface area contributed by atoms with Crippen molar-refractivity contribution < 1.29 is 38.2 Å². The highest BCUT2D eigenvalue weighted by atomic mass is 19.1. The Morgan fingerprint density at radius 1 is 1.07 bits per heavy atom. The fraction of sp³-hybridized carbons (Fsp3) is 0.594. The Hall–Kier alpha value is -3.96. The standard InChI is InChI=1S/C32H39FN4O7/c33-24-12-7-10-20-16-36(18-23(20)24)31(43)44-22-14-26-28(39)35-32(30(41)42)15-21(32)11-4-2-1-3-5-13-25(29(40)37(26)17-22)34-27(38)19-8-6-9-19/h4,7,10-12,19,21-22,25-26H,1-3,5-6,8-9,13-18H2,(H,34,38)(H,35,39)(H,41,42)/t21-,22-,25+,26+,32-/m1/s1. The van der Waals surface area contributed by atoms with Crippen LogP contribution in [0.25, 0.3) is 0 Å². The number of hydrogen-bond donors (Lipinski definition) is 3. The molecule has 3 heterocycles. The van der Waals surface area contributed by atoms with Gasteiger partial charge in [0.1, 0.15) is 29.5 Å². The summed E-state index contributed by atoms with van der Waals surface area (Å²) in [6.07, 6.45) is 8.48. The SMILES string of the molecule is O=C(N[C@H]1CCCCCC=C[C@@H]2C[C@@]2(C(=O)O)NC(=O)[C@@H]2C[C@@H](OC(=O)N3Cc4cccc(F)c4C3)CN2C1=O)C1CCC1. The number of carboxylic acid groups (broad SMARTS) is 1. The molecule has 1 saturated heterocycles. The van der Waals surface area contributed by atoms with Crippen LogP contribution < -0.4 is 10.6 Å². The third kappa shape index (κ3) is 5.90. The summed E-state index contributed by atoms with van der Waals surface area (Å²) in [4.78, 5) is 68.8. The minimum absolute atomic E-state index is 0.0298. The summed E-state index contributed by atoms with van der Waals surface area (Å²) in [6, 6.07) is 2.72. The molecule has 1 aromatic carbocycles. The third-order valence-corrected chi connectivity index (χ3v) is 9.87. The van der Waals surface area contributed by atoms with Gasteiger partial charge in [0.2, 0.25) is 17.7 Å². The van der Waals surface area contributed by atoms with Crippen LogP contribution in [0, 0.1) is 17.7 Å². The minimum atomic E-state index is -1.46. The number of hydrogen-bond acceptors (Lipinski definition) is 6. The Morgan fingerprint density at radius 2 is 1.89 bits per heavy atom. The lowest BCUT2D eigenvalue weighted by molar-refractivity contribution is -0.146. The molecule has 5 atom stereocenters. The number of carbonyl (C=O) groups excluding carboxylic acids is 4. The highest BCUT2D eigenvalue weighted by Gasteiger charge is 2.61. The zero-order chi connectivity index (χ0) is 31.0. The highest BCUT2D eigenvalue weighted by Crippen LogP contribution is 2.45. The maximum atomic E-state index is 14.3. The largest absolute Gasteiger partial charge is 0.479 e. The molecule has 0 radical (unpaired) electrons. The smallest absolute Gasteiger partial charge is 0.410 e. The van der Waals surface area contributed by atoms with Crippen LogP contribution in [0.5, 0.6) is 0 Å². The number of benzene rings is 1. The molecule has 0 bridgehead atoms. The number of rotatable bonds is 4. The van der Waals surface area contributed by atoms with Crippen LogP contribution in [0.3, 0.4) is 0 Å². The third-order valence-electron chi connectivity index (χ3n) is 9.87. The molecule has 1 aromatic rings. The number of aliphatic carboxylic acids is 1. The fourth-order valence-corrected chi connectivity index (χ4v) is 6.83. The van der Waals surface area contributed by atoms with E-state index >= 15 is 0 Å². The van der Waals surface area contributed by atoms with Gasteiger partial charge < -0.3 is 25.4 Å². The molecular formula is C32H39FN4O7. The second kappa shape index (κ2) is 12.2. The summed E-state index contributed by atoms with van der Waals surface area (Å²) in [5.74, 6) is -3.29. The normalized spacial score (nSPS) is 30.6. The molecular weight excluding hydrogens is 571 g/mol. The second-order valence-electron chi connectivity index (χ2n) is 12.8. The second-order valence-corrected chi connectivity index (χ2v) is 12.8. The highest BCUT2D eigenvalue weighted by molar-refractivity contribution is 5.96. The van der Waals surface area contributed by atoms with Crippen molar-refractivity contribution in [3.8, 4) is 0 Å². The summed E-state index contributed by atoms with van der Waals surface area (Å²) in [7, 11) is 0. The molecule has 3 N–H and O–H groups in total. The van der Waals surface area contributed by atoms with Crippen molar-refractivity contribution in [2.75, 3.05) is 6.54 Å². The van der Waals surface area contributed by atoms with Crippen molar-refractivity contribution in [3.63, 3.8) is 0 Å². The first-order valence-corrected chi connectivity index (χ1v) is 15.7. The number of carboxylic acids is 1. The first-order chi connectivity index (χ1) is 21.2. The molecule has 0 unspecified atom stereocenters. The Balaban J connectivity index is 1.22. The Kier molecular flexibility index (Phi) is 8.34. The zero-order valence-electron chi connectivity index (χ0n) is 24.6. The van der Waals surface area contributed by atoms with Crippen molar-refractivity contribution in [1.29, 1.82) is 0 Å². The van der Waals surface area contributed by atoms with E-state index in [-0.39, 0.29) is 50.2 Å². The van der Waals surface area contributed by atoms with Crippen molar-refractivity contribution >= 4 is 29.8 Å². The van der Waals surface area contributed by atoms with Crippen molar-refractivity contribution in [1.82, 2.24) is 20.4 Å². The topological polar surface area (TPSA) is 145 Å². The molecule has 12 heteroatoms. The van der Waals surface area contributed by atoms with Crippen LogP contribution in [0.4, 0.5) is 9.18 Å². The summed E-state index contributed by atoms with van der Waals surface area (Å²) in [6.45, 7) is 0.138. The number of allylic oxidation sites excluding steroid dienone is 1. The van der Waals surface area contributed by atoms with E-state index in [2.05, 4.69) is 10.6 Å². The molecule has 2 saturated carbocycles. The van der Waals surface area contributed by atoms with E-state index < -0.39 is 53.4 Å². The van der Waals surface area contributed by atoms with E-state index in [0.29, 0.717) is 24.0 Å². The van der Waals surface area contributed by atoms with Crippen LogP contribution in [-0.2, 0) is 37.0 Å². The molecule has 2 aliphatic carbocycles. The molecule has 4 amide bonds. The van der Waals surface area contributed by atoms with Crippen LogP contribution in [0.15, 0.2) is 30.4 Å². The molecule has 44 heavy (non-hydrogen) atoms. The molecule has 0 aromatic heterocycles. The van der Waals surface area contributed by atoms with E-state index in [4.69, 9.17) is 4.74 Å². The maximum Gasteiger partial charge on any atom is 0.410 e. The van der Waals surface area contributed by atoms with Gasteiger partial charge in [0.05, 0.1) is 13.1 Å². The Labute approximate surface area is 255 Å². The zero-order valence-corrected chi connectivity index (χ0v) is 24.6. The first kappa shape index (κ1) is 30.1. The molecule has 11 nitrogen and oxygen atoms in total. The monoisotopic (exact) mass is 610 g/mol. The van der Waals surface area contributed by atoms with Gasteiger partial charge in [-0.05, 0) is 50.2 Å². The minimum Gasteiger partial charge on any atom is -0.479 e. The number of amides is 4. The molecule has 3 aliphatic heterocycles. The summed E-state index contributed by atoms with van der Waals surface area (Å²) >= 11 is 0. The number of carbonyl (C=O) groups is 5. The van der Waals surface area contributed by atoms with Crippen molar-refractivity contribution in [3.05, 3.63) is 47.3 Å². The lowest BCUT2D eigenvalue weighted by Gasteiger charge is -2.31. The van der Waals surface area contributed by atoms with Gasteiger partial charge in [0, 0.05) is 30.4 Å². The average Bonchev–Trinajstić information content (AvgIpc) is 3.27. The van der Waals surface area contributed by atoms with E-state index in [1.54, 1.807) is 12.1 Å². The van der Waals surface area contributed by atoms with E-state index in [0.717, 1.165) is 38.5 Å². The van der Waals surface area contributed by atoms with Gasteiger partial charge in [-0.15, -0.1) is 0 Å². The van der Waals surface area contributed by atoms with Crippen LogP contribution in [-0.4, -0.2) is 75.0 Å². The number of nitrogens with zero attached hydrogens (tertiary/aromatic N) is 2. The Morgan fingerprint density at radius 3 is 2.61 bits per heavy atom. The quantitative estimate of drug-likeness (QED) is 0.445. The van der Waals surface area contributed by atoms with Crippen LogP contribution in [0.1, 0.15) is 75.3 Å². The van der Waals surface area contributed by atoms with E-state index in [1.165, 1.54) is 15.9 Å². The predicted molar refractivity (Wildman–Crippen MR) is 154 cm³/mol. The van der Waals surface area contributed by atoms with Gasteiger partial charge in [-0.1, -0.05) is 43.5 Å². The first-order valence-electron chi connectivity index (χ1n) is 15.7. The van der Waals surface area contributed by atoms with Crippen molar-refractivity contribution in [2.45, 2.75) is 101 Å². The lowest BCUT2D eigenvalue weighted by atomic mass is 9.84. The maximum absolute atomic E-state index is 14.3.